The number of H-pyrrole nitrogens is 1. The second kappa shape index (κ2) is 3.61. The Bertz CT molecular complexity index is 530. The lowest BCUT2D eigenvalue weighted by atomic mass is 10.0. The molecular formula is C13H16N2O. The molecule has 0 spiro atoms. The van der Waals surface area contributed by atoms with Crippen molar-refractivity contribution in [1.29, 1.82) is 0 Å². The highest BCUT2D eigenvalue weighted by atomic mass is 16.5. The zero-order valence-corrected chi connectivity index (χ0v) is 9.42. The first-order valence-electron chi connectivity index (χ1n) is 5.72. The van der Waals surface area contributed by atoms with Crippen LogP contribution in [0.3, 0.4) is 0 Å². The number of nitrogens with one attached hydrogen (secondary N) is 1. The van der Waals surface area contributed by atoms with Gasteiger partial charge >= 0.3 is 0 Å². The normalized spacial score (nSPS) is 20.0. The summed E-state index contributed by atoms with van der Waals surface area (Å²) >= 11 is 0. The van der Waals surface area contributed by atoms with Gasteiger partial charge in [-0.2, -0.15) is 0 Å². The number of aryl methyl sites for hydroxylation is 1. The molecule has 3 heteroatoms. The van der Waals surface area contributed by atoms with Crippen LogP contribution in [0, 0.1) is 6.92 Å². The summed E-state index contributed by atoms with van der Waals surface area (Å²) in [6.45, 7) is 3.44. The molecule has 3 rings (SSSR count). The smallest absolute Gasteiger partial charge is 0.110 e. The number of nitrogens with two attached hydrogens (primary N) is 1. The van der Waals surface area contributed by atoms with Crippen molar-refractivity contribution in [2.24, 2.45) is 5.73 Å². The molecule has 0 saturated heterocycles. The van der Waals surface area contributed by atoms with Gasteiger partial charge in [-0.1, -0.05) is 11.6 Å². The van der Waals surface area contributed by atoms with Crippen molar-refractivity contribution < 1.29 is 4.74 Å². The van der Waals surface area contributed by atoms with E-state index in [-0.39, 0.29) is 6.10 Å². The van der Waals surface area contributed by atoms with Gasteiger partial charge in [0.1, 0.15) is 6.10 Å². The van der Waals surface area contributed by atoms with E-state index in [0.717, 1.165) is 13.0 Å². The fraction of sp³-hybridized carbons (Fsp3) is 0.385. The first kappa shape index (κ1) is 9.87. The maximum absolute atomic E-state index is 5.72. The van der Waals surface area contributed by atoms with Gasteiger partial charge in [-0.25, -0.2) is 0 Å². The summed E-state index contributed by atoms with van der Waals surface area (Å²) in [5.74, 6) is 0. The third kappa shape index (κ3) is 1.36. The fourth-order valence-corrected chi connectivity index (χ4v) is 2.50. The van der Waals surface area contributed by atoms with E-state index in [2.05, 4.69) is 30.1 Å². The molecule has 2 aromatic rings. The van der Waals surface area contributed by atoms with Crippen molar-refractivity contribution in [2.45, 2.75) is 19.4 Å². The number of aromatic nitrogens is 1. The largest absolute Gasteiger partial charge is 0.370 e. The van der Waals surface area contributed by atoms with E-state index in [1.807, 2.05) is 0 Å². The lowest BCUT2D eigenvalue weighted by molar-refractivity contribution is 0.0463. The molecule has 0 fully saturated rings. The number of aromatic amines is 1. The third-order valence-electron chi connectivity index (χ3n) is 3.30. The minimum Gasteiger partial charge on any atom is -0.370 e. The van der Waals surface area contributed by atoms with Crippen molar-refractivity contribution in [3.05, 3.63) is 35.0 Å². The van der Waals surface area contributed by atoms with Crippen molar-refractivity contribution in [1.82, 2.24) is 4.98 Å². The van der Waals surface area contributed by atoms with Crippen LogP contribution in [0.5, 0.6) is 0 Å². The summed E-state index contributed by atoms with van der Waals surface area (Å²) in [6, 6.07) is 6.50. The SMILES string of the molecule is Cc1ccc2[nH]c3c(c2c1)CCOC3CN. The van der Waals surface area contributed by atoms with Gasteiger partial charge in [0.2, 0.25) is 0 Å². The van der Waals surface area contributed by atoms with E-state index in [0.29, 0.717) is 6.54 Å². The Hall–Kier alpha value is -1.32. The maximum Gasteiger partial charge on any atom is 0.110 e. The molecule has 1 atom stereocenters. The van der Waals surface area contributed by atoms with Crippen LogP contribution in [0.4, 0.5) is 0 Å². The number of benzene rings is 1. The van der Waals surface area contributed by atoms with Crippen LogP contribution in [0.1, 0.15) is 22.9 Å². The van der Waals surface area contributed by atoms with Gasteiger partial charge < -0.3 is 15.5 Å². The van der Waals surface area contributed by atoms with E-state index >= 15 is 0 Å². The van der Waals surface area contributed by atoms with Gasteiger partial charge in [0.05, 0.1) is 6.61 Å². The Morgan fingerprint density at radius 3 is 3.19 bits per heavy atom. The Labute approximate surface area is 94.6 Å². The van der Waals surface area contributed by atoms with Crippen LogP contribution in [-0.4, -0.2) is 18.1 Å². The molecule has 1 aromatic carbocycles. The van der Waals surface area contributed by atoms with Gasteiger partial charge in [-0.05, 0) is 31.0 Å². The van der Waals surface area contributed by atoms with E-state index in [4.69, 9.17) is 10.5 Å². The highest BCUT2D eigenvalue weighted by molar-refractivity contribution is 5.85. The molecule has 0 bridgehead atoms. The number of hydrogen-bond acceptors (Lipinski definition) is 2. The van der Waals surface area contributed by atoms with Crippen LogP contribution >= 0.6 is 0 Å². The van der Waals surface area contributed by atoms with E-state index in [9.17, 15) is 0 Å². The molecule has 0 saturated carbocycles. The molecule has 0 aliphatic carbocycles. The Kier molecular flexibility index (Phi) is 2.23. The van der Waals surface area contributed by atoms with E-state index in [1.54, 1.807) is 0 Å². The van der Waals surface area contributed by atoms with E-state index in [1.165, 1.54) is 27.7 Å². The van der Waals surface area contributed by atoms with E-state index < -0.39 is 0 Å². The predicted octanol–water partition coefficient (Wildman–Crippen LogP) is 2.05. The number of hydrogen-bond donors (Lipinski definition) is 2. The summed E-state index contributed by atoms with van der Waals surface area (Å²) in [5, 5.41) is 1.33. The predicted molar refractivity (Wildman–Crippen MR) is 64.5 cm³/mol. The second-order valence-corrected chi connectivity index (χ2v) is 4.41. The molecule has 1 aliphatic rings. The van der Waals surface area contributed by atoms with Crippen LogP contribution in [-0.2, 0) is 11.2 Å². The third-order valence-corrected chi connectivity index (χ3v) is 3.30. The number of fused-ring (bicyclic) bond motifs is 3. The van der Waals surface area contributed by atoms with Gasteiger partial charge in [-0.3, -0.25) is 0 Å². The summed E-state index contributed by atoms with van der Waals surface area (Å²) < 4.78 is 5.66. The average molecular weight is 216 g/mol. The van der Waals surface area contributed by atoms with Crippen molar-refractivity contribution in [3.63, 3.8) is 0 Å². The molecule has 3 N–H and O–H groups in total. The van der Waals surface area contributed by atoms with Crippen molar-refractivity contribution in [2.75, 3.05) is 13.2 Å². The zero-order valence-electron chi connectivity index (χ0n) is 9.42. The van der Waals surface area contributed by atoms with Crippen LogP contribution in [0.25, 0.3) is 10.9 Å². The van der Waals surface area contributed by atoms with Crippen molar-refractivity contribution in [3.8, 4) is 0 Å². The zero-order chi connectivity index (χ0) is 11.1. The first-order chi connectivity index (χ1) is 7.79. The lowest BCUT2D eigenvalue weighted by Gasteiger charge is -2.21. The molecule has 1 aromatic heterocycles. The van der Waals surface area contributed by atoms with Gasteiger partial charge in [0.25, 0.3) is 0 Å². The Morgan fingerprint density at radius 1 is 1.50 bits per heavy atom. The minimum atomic E-state index is 0.0384. The van der Waals surface area contributed by atoms with Gasteiger partial charge in [0.15, 0.2) is 0 Å². The van der Waals surface area contributed by atoms with Gasteiger partial charge in [-0.15, -0.1) is 0 Å². The Balaban J connectivity index is 2.24. The summed E-state index contributed by atoms with van der Waals surface area (Å²) in [5.41, 5.74) is 10.8. The van der Waals surface area contributed by atoms with Gasteiger partial charge in [0, 0.05) is 23.1 Å². The summed E-state index contributed by atoms with van der Waals surface area (Å²) in [7, 11) is 0. The molecule has 0 amide bonds. The molecule has 3 nitrogen and oxygen atoms in total. The summed E-state index contributed by atoms with van der Waals surface area (Å²) in [6.07, 6.45) is 1.02. The number of ether oxygens (including phenoxy) is 1. The Morgan fingerprint density at radius 2 is 2.38 bits per heavy atom. The lowest BCUT2D eigenvalue weighted by Crippen LogP contribution is -2.22. The molecule has 16 heavy (non-hydrogen) atoms. The average Bonchev–Trinajstić information content (AvgIpc) is 2.67. The van der Waals surface area contributed by atoms with Crippen LogP contribution in [0.15, 0.2) is 18.2 Å². The molecule has 0 radical (unpaired) electrons. The second-order valence-electron chi connectivity index (χ2n) is 4.41. The van der Waals surface area contributed by atoms with Crippen molar-refractivity contribution >= 4 is 10.9 Å². The molecule has 1 aliphatic heterocycles. The molecular weight excluding hydrogens is 200 g/mol. The molecule has 1 unspecified atom stereocenters. The standard InChI is InChI=1S/C13H16N2O/c1-8-2-3-11-10(6-8)9-4-5-16-12(7-14)13(9)15-11/h2-3,6,12,15H,4-5,7,14H2,1H3. The quantitative estimate of drug-likeness (QED) is 0.766. The van der Waals surface area contributed by atoms with Crippen LogP contribution in [0.2, 0.25) is 0 Å². The highest BCUT2D eigenvalue weighted by Gasteiger charge is 2.23. The number of rotatable bonds is 1. The maximum atomic E-state index is 5.72. The first-order valence-corrected chi connectivity index (χ1v) is 5.72. The van der Waals surface area contributed by atoms with Crippen LogP contribution < -0.4 is 5.73 Å². The molecule has 2 heterocycles. The minimum absolute atomic E-state index is 0.0384. The summed E-state index contributed by atoms with van der Waals surface area (Å²) in [4.78, 5) is 3.44. The monoisotopic (exact) mass is 216 g/mol. The topological polar surface area (TPSA) is 51.0 Å². The highest BCUT2D eigenvalue weighted by Crippen LogP contribution is 2.32. The fourth-order valence-electron chi connectivity index (χ4n) is 2.50. The molecule has 84 valence electrons.